The first kappa shape index (κ1) is 24.0. The van der Waals surface area contributed by atoms with Crippen LogP contribution in [0.4, 0.5) is 18.9 Å². The zero-order chi connectivity index (χ0) is 24.6. The summed E-state index contributed by atoms with van der Waals surface area (Å²) in [7, 11) is 0. The zero-order valence-corrected chi connectivity index (χ0v) is 19.7. The van der Waals surface area contributed by atoms with E-state index in [-0.39, 0.29) is 18.5 Å². The number of thiazole rings is 1. The largest absolute Gasteiger partial charge is 0.416 e. The van der Waals surface area contributed by atoms with Crippen LogP contribution in [0.15, 0.2) is 42.2 Å². The third kappa shape index (κ3) is 5.12. The summed E-state index contributed by atoms with van der Waals surface area (Å²) >= 11 is 1.49. The first-order valence-electron chi connectivity index (χ1n) is 11.6. The number of likely N-dealkylation sites (tertiary alicyclic amines) is 1. The molecule has 3 N–H and O–H groups in total. The maximum atomic E-state index is 13.1. The van der Waals surface area contributed by atoms with E-state index in [1.165, 1.54) is 23.6 Å². The third-order valence-corrected chi connectivity index (χ3v) is 7.94. The molecule has 11 heteroatoms. The van der Waals surface area contributed by atoms with Gasteiger partial charge in [0.25, 0.3) is 0 Å². The Hall–Kier alpha value is -2.76. The minimum absolute atomic E-state index is 0.0395. The van der Waals surface area contributed by atoms with Crippen LogP contribution in [-0.4, -0.2) is 57.6 Å². The molecule has 1 amide bonds. The molecular formula is C24H26F3N5O2S. The summed E-state index contributed by atoms with van der Waals surface area (Å²) in [5.74, 6) is -0.213. The summed E-state index contributed by atoms with van der Waals surface area (Å²) in [6.45, 7) is 1.46. The Balaban J connectivity index is 1.10. The summed E-state index contributed by atoms with van der Waals surface area (Å²) in [4.78, 5) is 23.9. The van der Waals surface area contributed by atoms with Crippen molar-refractivity contribution in [3.05, 3.63) is 52.6 Å². The average molecular weight is 506 g/mol. The molecule has 2 fully saturated rings. The number of aromatic nitrogens is 2. The Labute approximate surface area is 204 Å². The van der Waals surface area contributed by atoms with Crippen LogP contribution in [0, 0.1) is 0 Å². The summed E-state index contributed by atoms with van der Waals surface area (Å²) in [5, 5.41) is 17.1. The number of fused-ring (bicyclic) bond motifs is 1. The van der Waals surface area contributed by atoms with Crippen LogP contribution in [0.5, 0.6) is 0 Å². The molecule has 1 aliphatic carbocycles. The number of halogens is 3. The van der Waals surface area contributed by atoms with Gasteiger partial charge in [0.15, 0.2) is 0 Å². The normalized spacial score (nSPS) is 23.7. The van der Waals surface area contributed by atoms with Gasteiger partial charge >= 0.3 is 6.18 Å². The molecule has 1 saturated carbocycles. The topological polar surface area (TPSA) is 90.4 Å². The van der Waals surface area contributed by atoms with Crippen LogP contribution in [-0.2, 0) is 16.6 Å². The van der Waals surface area contributed by atoms with Gasteiger partial charge < -0.3 is 15.7 Å². The minimum atomic E-state index is -4.45. The number of benzene rings is 1. The Morgan fingerprint density at radius 2 is 2.00 bits per heavy atom. The van der Waals surface area contributed by atoms with Crippen molar-refractivity contribution in [1.82, 2.24) is 20.2 Å². The smallest absolute Gasteiger partial charge is 0.384 e. The lowest BCUT2D eigenvalue weighted by Crippen LogP contribution is -2.63. The molecular weight excluding hydrogens is 479 g/mol. The van der Waals surface area contributed by atoms with Crippen LogP contribution in [0.1, 0.15) is 36.1 Å². The van der Waals surface area contributed by atoms with Gasteiger partial charge in [0.05, 0.1) is 34.1 Å². The van der Waals surface area contributed by atoms with E-state index in [4.69, 9.17) is 0 Å². The molecule has 0 bridgehead atoms. The molecule has 2 aromatic heterocycles. The first-order chi connectivity index (χ1) is 16.7. The molecule has 35 heavy (non-hydrogen) atoms. The molecule has 1 saturated heterocycles. The van der Waals surface area contributed by atoms with Crippen LogP contribution in [0.2, 0.25) is 0 Å². The number of rotatable bonds is 6. The molecule has 3 heterocycles. The standard InChI is InChI=1S/C24H26F3N5O2S/c25-24(26,27)15-1-2-19-18(9-15)20(5-8-29-19)30-11-22(33)31-16-12-32(13-16)17-3-6-23(34,7-4-17)21-10-28-14-35-21/h1-2,5,8-10,14,16-17,34H,3-4,6-7,11-13H2,(H,29,30)(H,31,33)/t17-,23+. The number of aliphatic hydroxyl groups is 1. The molecule has 0 radical (unpaired) electrons. The summed E-state index contributed by atoms with van der Waals surface area (Å²) in [6.07, 6.45) is 1.99. The fourth-order valence-corrected chi connectivity index (χ4v) is 5.75. The highest BCUT2D eigenvalue weighted by molar-refractivity contribution is 7.09. The monoisotopic (exact) mass is 505 g/mol. The number of nitrogens with one attached hydrogen (secondary N) is 2. The SMILES string of the molecule is O=C(CNc1ccnc2ccc(C(F)(F)F)cc12)NC1CN([C@H]2CC[C@](O)(c3cncs3)CC2)C1. The fourth-order valence-electron chi connectivity index (χ4n) is 4.97. The van der Waals surface area contributed by atoms with Crippen LogP contribution in [0.3, 0.4) is 0 Å². The maximum Gasteiger partial charge on any atom is 0.416 e. The van der Waals surface area contributed by atoms with Gasteiger partial charge in [0.2, 0.25) is 5.91 Å². The van der Waals surface area contributed by atoms with Gasteiger partial charge in [-0.2, -0.15) is 13.2 Å². The molecule has 7 nitrogen and oxygen atoms in total. The van der Waals surface area contributed by atoms with Gasteiger partial charge in [-0.1, -0.05) is 0 Å². The number of hydrogen-bond donors (Lipinski definition) is 3. The van der Waals surface area contributed by atoms with E-state index < -0.39 is 17.3 Å². The van der Waals surface area contributed by atoms with Gasteiger partial charge in [-0.3, -0.25) is 19.7 Å². The van der Waals surface area contributed by atoms with Crippen molar-refractivity contribution in [3.8, 4) is 0 Å². The van der Waals surface area contributed by atoms with Crippen molar-refractivity contribution < 1.29 is 23.1 Å². The second kappa shape index (κ2) is 9.36. The molecule has 3 aromatic rings. The van der Waals surface area contributed by atoms with Crippen molar-refractivity contribution in [2.75, 3.05) is 25.0 Å². The molecule has 0 atom stereocenters. The van der Waals surface area contributed by atoms with Crippen molar-refractivity contribution in [3.63, 3.8) is 0 Å². The highest BCUT2D eigenvalue weighted by atomic mass is 32.1. The van der Waals surface area contributed by atoms with Crippen LogP contribution >= 0.6 is 11.3 Å². The summed E-state index contributed by atoms with van der Waals surface area (Å²) in [5.41, 5.74) is 1.07. The molecule has 186 valence electrons. The van der Waals surface area contributed by atoms with E-state index in [1.807, 2.05) is 0 Å². The lowest BCUT2D eigenvalue weighted by atomic mass is 9.80. The zero-order valence-electron chi connectivity index (χ0n) is 18.9. The minimum Gasteiger partial charge on any atom is -0.384 e. The second-order valence-electron chi connectivity index (χ2n) is 9.29. The number of carbonyl (C=O) groups is 1. The number of nitrogens with zero attached hydrogens (tertiary/aromatic N) is 3. The molecule has 5 rings (SSSR count). The van der Waals surface area contributed by atoms with Gasteiger partial charge in [-0.25, -0.2) is 0 Å². The van der Waals surface area contributed by atoms with E-state index in [0.29, 0.717) is 35.5 Å². The average Bonchev–Trinajstić information content (AvgIpc) is 3.36. The number of hydrogen-bond acceptors (Lipinski definition) is 7. The van der Waals surface area contributed by atoms with Crippen molar-refractivity contribution in [1.29, 1.82) is 0 Å². The molecule has 1 aromatic carbocycles. The van der Waals surface area contributed by atoms with E-state index in [0.717, 1.165) is 42.9 Å². The lowest BCUT2D eigenvalue weighted by Gasteiger charge is -2.48. The molecule has 1 aliphatic heterocycles. The van der Waals surface area contributed by atoms with Gasteiger partial charge in [-0.15, -0.1) is 11.3 Å². The Bertz CT molecular complexity index is 1190. The van der Waals surface area contributed by atoms with E-state index in [9.17, 15) is 23.1 Å². The Kier molecular flexibility index (Phi) is 6.41. The molecule has 0 unspecified atom stereocenters. The molecule has 0 spiro atoms. The van der Waals surface area contributed by atoms with E-state index in [2.05, 4.69) is 25.5 Å². The van der Waals surface area contributed by atoms with Crippen molar-refractivity contribution in [2.45, 2.75) is 49.5 Å². The first-order valence-corrected chi connectivity index (χ1v) is 12.4. The van der Waals surface area contributed by atoms with Gasteiger partial charge in [0.1, 0.15) is 5.60 Å². The van der Waals surface area contributed by atoms with E-state index >= 15 is 0 Å². The van der Waals surface area contributed by atoms with Crippen LogP contribution < -0.4 is 10.6 Å². The van der Waals surface area contributed by atoms with Gasteiger partial charge in [0, 0.05) is 42.6 Å². The van der Waals surface area contributed by atoms with Crippen LogP contribution in [0.25, 0.3) is 10.9 Å². The van der Waals surface area contributed by atoms with Gasteiger partial charge in [-0.05, 0) is 49.9 Å². The number of carbonyl (C=O) groups excluding carboxylic acids is 1. The van der Waals surface area contributed by atoms with Crippen molar-refractivity contribution in [2.24, 2.45) is 0 Å². The summed E-state index contributed by atoms with van der Waals surface area (Å²) in [6, 6.07) is 5.37. The molecule has 2 aliphatic rings. The number of alkyl halides is 3. The fraction of sp³-hybridized carbons (Fsp3) is 0.458. The predicted octanol–water partition coefficient (Wildman–Crippen LogP) is 3.75. The Morgan fingerprint density at radius 1 is 1.23 bits per heavy atom. The number of anilines is 1. The number of amides is 1. The highest BCUT2D eigenvalue weighted by Gasteiger charge is 2.41. The highest BCUT2D eigenvalue weighted by Crippen LogP contribution is 2.40. The quantitative estimate of drug-likeness (QED) is 0.473. The van der Waals surface area contributed by atoms with E-state index in [1.54, 1.807) is 17.8 Å². The second-order valence-corrected chi connectivity index (χ2v) is 10.2. The predicted molar refractivity (Wildman–Crippen MR) is 127 cm³/mol. The number of pyridine rings is 1. The van der Waals surface area contributed by atoms with Crippen molar-refractivity contribution >= 4 is 33.8 Å². The maximum absolute atomic E-state index is 13.1. The Morgan fingerprint density at radius 3 is 2.69 bits per heavy atom. The lowest BCUT2D eigenvalue weighted by molar-refractivity contribution is -0.137. The third-order valence-electron chi connectivity index (χ3n) is 6.97. The summed E-state index contributed by atoms with van der Waals surface area (Å²) < 4.78 is 39.3.